The van der Waals surface area contributed by atoms with Crippen LogP contribution in [-0.2, 0) is 17.8 Å². The van der Waals surface area contributed by atoms with E-state index < -0.39 is 0 Å². The molecule has 1 amide bonds. The van der Waals surface area contributed by atoms with E-state index in [0.29, 0.717) is 11.7 Å². The number of carbonyl (C=O) groups excluding carboxylic acids is 1. The zero-order chi connectivity index (χ0) is 19.9. The van der Waals surface area contributed by atoms with Gasteiger partial charge in [0.25, 0.3) is 0 Å². The number of hydrogen-bond donors (Lipinski definition) is 1. The van der Waals surface area contributed by atoms with Crippen LogP contribution in [0.3, 0.4) is 0 Å². The maximum Gasteiger partial charge on any atom is 0.234 e. The van der Waals surface area contributed by atoms with Crippen molar-refractivity contribution >= 4 is 23.4 Å². The van der Waals surface area contributed by atoms with Crippen LogP contribution < -0.4 is 5.32 Å². The summed E-state index contributed by atoms with van der Waals surface area (Å²) in [4.78, 5) is 12.4. The fourth-order valence-corrected chi connectivity index (χ4v) is 3.66. The fourth-order valence-electron chi connectivity index (χ4n) is 2.91. The van der Waals surface area contributed by atoms with Gasteiger partial charge in [0.15, 0.2) is 5.16 Å². The zero-order valence-electron chi connectivity index (χ0n) is 16.5. The van der Waals surface area contributed by atoms with Crippen LogP contribution in [0.15, 0.2) is 52.2 Å². The lowest BCUT2D eigenvalue weighted by molar-refractivity contribution is -0.113. The van der Waals surface area contributed by atoms with Crippen LogP contribution in [0.1, 0.15) is 50.3 Å². The van der Waals surface area contributed by atoms with Gasteiger partial charge < -0.3 is 9.73 Å². The van der Waals surface area contributed by atoms with Crippen molar-refractivity contribution in [2.45, 2.75) is 51.2 Å². The average molecular weight is 399 g/mol. The molecule has 7 heteroatoms. The third kappa shape index (κ3) is 5.25. The molecule has 0 aliphatic heterocycles. The maximum absolute atomic E-state index is 12.4. The molecule has 0 spiro atoms. The molecule has 148 valence electrons. The highest BCUT2D eigenvalue weighted by Gasteiger charge is 2.17. The lowest BCUT2D eigenvalue weighted by atomic mass is 10.1. The molecule has 6 nitrogen and oxygen atoms in total. The van der Waals surface area contributed by atoms with E-state index >= 15 is 0 Å². The molecule has 3 rings (SSSR count). The van der Waals surface area contributed by atoms with Crippen LogP contribution in [0.5, 0.6) is 0 Å². The van der Waals surface area contributed by atoms with Crippen molar-refractivity contribution in [2.75, 3.05) is 11.1 Å². The second-order valence-corrected chi connectivity index (χ2v) is 7.89. The fraction of sp³-hybridized carbons (Fsp3) is 0.381. The van der Waals surface area contributed by atoms with Crippen molar-refractivity contribution in [3.05, 3.63) is 59.8 Å². The summed E-state index contributed by atoms with van der Waals surface area (Å²) in [6.07, 6.45) is 3.81. The largest absolute Gasteiger partial charge is 0.467 e. The molecule has 2 aromatic heterocycles. The first-order valence-electron chi connectivity index (χ1n) is 9.54. The van der Waals surface area contributed by atoms with Crippen LogP contribution in [-0.4, -0.2) is 26.4 Å². The van der Waals surface area contributed by atoms with Gasteiger partial charge in [-0.2, -0.15) is 0 Å². The lowest BCUT2D eigenvalue weighted by Gasteiger charge is -2.11. The number of nitrogens with one attached hydrogen (secondary N) is 1. The number of amides is 1. The molecule has 0 atom stereocenters. The molecule has 0 saturated heterocycles. The number of anilines is 1. The summed E-state index contributed by atoms with van der Waals surface area (Å²) in [5, 5.41) is 12.2. The summed E-state index contributed by atoms with van der Waals surface area (Å²) >= 11 is 1.38. The smallest absolute Gasteiger partial charge is 0.234 e. The zero-order valence-corrected chi connectivity index (χ0v) is 17.3. The molecule has 0 saturated carbocycles. The summed E-state index contributed by atoms with van der Waals surface area (Å²) in [6.45, 7) is 6.86. The maximum atomic E-state index is 12.4. The Morgan fingerprint density at radius 2 is 2.00 bits per heavy atom. The van der Waals surface area contributed by atoms with E-state index in [0.717, 1.165) is 30.1 Å². The predicted molar refractivity (Wildman–Crippen MR) is 112 cm³/mol. The van der Waals surface area contributed by atoms with Gasteiger partial charge in [0.1, 0.15) is 11.6 Å². The summed E-state index contributed by atoms with van der Waals surface area (Å²) < 4.78 is 7.48. The minimum absolute atomic E-state index is 0.0631. The van der Waals surface area contributed by atoms with Gasteiger partial charge in [-0.1, -0.05) is 51.1 Å². The van der Waals surface area contributed by atoms with E-state index in [-0.39, 0.29) is 17.6 Å². The minimum Gasteiger partial charge on any atom is -0.467 e. The van der Waals surface area contributed by atoms with E-state index in [1.165, 1.54) is 17.3 Å². The van der Waals surface area contributed by atoms with E-state index in [2.05, 4.69) is 48.4 Å². The van der Waals surface area contributed by atoms with E-state index in [1.807, 2.05) is 28.8 Å². The number of aromatic nitrogens is 3. The molecule has 0 radical (unpaired) electrons. The van der Waals surface area contributed by atoms with Gasteiger partial charge in [-0.15, -0.1) is 10.2 Å². The van der Waals surface area contributed by atoms with Crippen LogP contribution in [0.4, 0.5) is 5.69 Å². The molecule has 28 heavy (non-hydrogen) atoms. The van der Waals surface area contributed by atoms with Crippen molar-refractivity contribution in [3.8, 4) is 0 Å². The molecule has 1 aromatic carbocycles. The molecular weight excluding hydrogens is 372 g/mol. The molecule has 0 fully saturated rings. The number of aryl methyl sites for hydroxylation is 1. The quantitative estimate of drug-likeness (QED) is 0.528. The average Bonchev–Trinajstić information content (AvgIpc) is 3.32. The first-order valence-corrected chi connectivity index (χ1v) is 10.5. The Morgan fingerprint density at radius 1 is 1.21 bits per heavy atom. The number of furan rings is 1. The molecule has 0 aliphatic rings. The Labute approximate surface area is 169 Å². The Morgan fingerprint density at radius 3 is 2.64 bits per heavy atom. The Bertz CT molecular complexity index is 886. The van der Waals surface area contributed by atoms with Crippen LogP contribution in [0.2, 0.25) is 0 Å². The van der Waals surface area contributed by atoms with E-state index in [1.54, 1.807) is 6.26 Å². The van der Waals surface area contributed by atoms with Gasteiger partial charge in [0.05, 0.1) is 18.6 Å². The molecule has 2 heterocycles. The highest BCUT2D eigenvalue weighted by atomic mass is 32.2. The highest BCUT2D eigenvalue weighted by Crippen LogP contribution is 2.23. The van der Waals surface area contributed by atoms with Gasteiger partial charge >= 0.3 is 0 Å². The van der Waals surface area contributed by atoms with Gasteiger partial charge in [-0.3, -0.25) is 9.36 Å². The normalized spacial score (nSPS) is 11.1. The molecule has 0 aliphatic carbocycles. The van der Waals surface area contributed by atoms with Gasteiger partial charge in [0, 0.05) is 11.6 Å². The molecule has 3 aromatic rings. The molecular formula is C21H26N4O2S. The summed E-state index contributed by atoms with van der Waals surface area (Å²) in [5.41, 5.74) is 2.09. The van der Waals surface area contributed by atoms with Crippen molar-refractivity contribution in [1.29, 1.82) is 0 Å². The first kappa shape index (κ1) is 20.2. The summed E-state index contributed by atoms with van der Waals surface area (Å²) in [7, 11) is 0. The monoisotopic (exact) mass is 398 g/mol. The van der Waals surface area contributed by atoms with Gasteiger partial charge in [0.2, 0.25) is 5.91 Å². The summed E-state index contributed by atoms with van der Waals surface area (Å²) in [6, 6.07) is 11.8. The highest BCUT2D eigenvalue weighted by molar-refractivity contribution is 7.99. The third-order valence-electron chi connectivity index (χ3n) is 4.26. The van der Waals surface area contributed by atoms with Gasteiger partial charge in [-0.05, 0) is 36.2 Å². The topological polar surface area (TPSA) is 73.0 Å². The minimum atomic E-state index is -0.0631. The van der Waals surface area contributed by atoms with Crippen molar-refractivity contribution < 1.29 is 9.21 Å². The Hall–Kier alpha value is -2.54. The number of thioether (sulfide) groups is 1. The molecule has 0 unspecified atom stereocenters. The van der Waals surface area contributed by atoms with Crippen molar-refractivity contribution in [1.82, 2.24) is 14.8 Å². The number of benzene rings is 1. The number of nitrogens with zero attached hydrogens (tertiary/aromatic N) is 3. The standard InChI is InChI=1S/C21H26N4O2S/c1-4-6-16-8-10-17(11-9-16)22-19(26)14-28-21-24-23-20(15(2)3)25(21)13-18-7-5-12-27-18/h5,7-12,15H,4,6,13-14H2,1-3H3,(H,22,26). The second-order valence-electron chi connectivity index (χ2n) is 6.94. The molecule has 1 N–H and O–H groups in total. The number of hydrogen-bond acceptors (Lipinski definition) is 5. The third-order valence-corrected chi connectivity index (χ3v) is 5.23. The SMILES string of the molecule is CCCc1ccc(NC(=O)CSc2nnc(C(C)C)n2Cc2ccco2)cc1. The Kier molecular flexibility index (Phi) is 6.92. The van der Waals surface area contributed by atoms with E-state index in [4.69, 9.17) is 4.42 Å². The van der Waals surface area contributed by atoms with Crippen LogP contribution >= 0.6 is 11.8 Å². The van der Waals surface area contributed by atoms with E-state index in [9.17, 15) is 4.79 Å². The van der Waals surface area contributed by atoms with Crippen molar-refractivity contribution in [2.24, 2.45) is 0 Å². The first-order chi connectivity index (χ1) is 13.6. The lowest BCUT2D eigenvalue weighted by Crippen LogP contribution is -2.15. The van der Waals surface area contributed by atoms with Crippen molar-refractivity contribution in [3.63, 3.8) is 0 Å². The number of carbonyl (C=O) groups is 1. The summed E-state index contributed by atoms with van der Waals surface area (Å²) in [5.74, 6) is 2.15. The van der Waals surface area contributed by atoms with Crippen LogP contribution in [0.25, 0.3) is 0 Å². The Balaban J connectivity index is 1.62. The van der Waals surface area contributed by atoms with Gasteiger partial charge in [-0.25, -0.2) is 0 Å². The number of rotatable bonds is 9. The molecule has 0 bridgehead atoms. The second kappa shape index (κ2) is 9.59. The predicted octanol–water partition coefficient (Wildman–Crippen LogP) is 4.73. The van der Waals surface area contributed by atoms with Crippen LogP contribution in [0, 0.1) is 0 Å².